The first-order chi connectivity index (χ1) is 14.3. The maximum atomic E-state index is 12.9. The summed E-state index contributed by atoms with van der Waals surface area (Å²) in [6.07, 6.45) is 8.64. The van der Waals surface area contributed by atoms with Gasteiger partial charge in [-0.1, -0.05) is 25.0 Å². The summed E-state index contributed by atoms with van der Waals surface area (Å²) in [6, 6.07) is 11.9. The van der Waals surface area contributed by atoms with Crippen LogP contribution in [0.15, 0.2) is 48.8 Å². The number of piperazine rings is 1. The van der Waals surface area contributed by atoms with E-state index in [1.807, 2.05) is 36.4 Å². The van der Waals surface area contributed by atoms with Crippen molar-refractivity contribution in [3.05, 3.63) is 48.8 Å². The lowest BCUT2D eigenvalue weighted by molar-refractivity contribution is -0.131. The molecule has 2 aliphatic rings. The SMILES string of the molecule is O=C1CN(c2nc(-c3ccncc3)nc3ccccc23)CCN1CC1CCCC1. The van der Waals surface area contributed by atoms with Crippen LogP contribution in [0.3, 0.4) is 0 Å². The Bertz CT molecular complexity index is 1020. The normalized spacial score (nSPS) is 18.0. The third-order valence-electron chi connectivity index (χ3n) is 6.09. The number of para-hydroxylation sites is 1. The molecule has 6 heteroatoms. The van der Waals surface area contributed by atoms with Crippen molar-refractivity contribution in [3.63, 3.8) is 0 Å². The third-order valence-corrected chi connectivity index (χ3v) is 6.09. The Balaban J connectivity index is 1.44. The molecule has 0 spiro atoms. The van der Waals surface area contributed by atoms with E-state index in [4.69, 9.17) is 9.97 Å². The van der Waals surface area contributed by atoms with E-state index >= 15 is 0 Å². The lowest BCUT2D eigenvalue weighted by atomic mass is 10.1. The molecule has 1 aliphatic heterocycles. The highest BCUT2D eigenvalue weighted by molar-refractivity contribution is 5.93. The van der Waals surface area contributed by atoms with Crippen molar-refractivity contribution in [2.75, 3.05) is 31.1 Å². The van der Waals surface area contributed by atoms with Gasteiger partial charge in [0.15, 0.2) is 5.82 Å². The van der Waals surface area contributed by atoms with Crippen LogP contribution >= 0.6 is 0 Å². The predicted octanol–water partition coefficient (Wildman–Crippen LogP) is 3.53. The van der Waals surface area contributed by atoms with Crippen LogP contribution in [0, 0.1) is 5.92 Å². The summed E-state index contributed by atoms with van der Waals surface area (Å²) in [5, 5.41) is 0.988. The Morgan fingerprint density at radius 3 is 2.55 bits per heavy atom. The second-order valence-electron chi connectivity index (χ2n) is 8.04. The summed E-state index contributed by atoms with van der Waals surface area (Å²) in [5.74, 6) is 2.40. The summed E-state index contributed by atoms with van der Waals surface area (Å²) >= 11 is 0. The highest BCUT2D eigenvalue weighted by Crippen LogP contribution is 2.29. The monoisotopic (exact) mass is 387 g/mol. The topological polar surface area (TPSA) is 62.2 Å². The van der Waals surface area contributed by atoms with E-state index in [-0.39, 0.29) is 5.91 Å². The lowest BCUT2D eigenvalue weighted by Gasteiger charge is -2.36. The van der Waals surface area contributed by atoms with Gasteiger partial charge in [0.2, 0.25) is 5.91 Å². The zero-order valence-electron chi connectivity index (χ0n) is 16.5. The smallest absolute Gasteiger partial charge is 0.242 e. The number of hydrogen-bond acceptors (Lipinski definition) is 5. The van der Waals surface area contributed by atoms with Crippen molar-refractivity contribution in [3.8, 4) is 11.4 Å². The molecule has 148 valence electrons. The van der Waals surface area contributed by atoms with Gasteiger partial charge in [0.1, 0.15) is 5.82 Å². The Morgan fingerprint density at radius 2 is 1.76 bits per heavy atom. The number of hydrogen-bond donors (Lipinski definition) is 0. The minimum atomic E-state index is 0.205. The number of aromatic nitrogens is 3. The van der Waals surface area contributed by atoms with E-state index in [1.165, 1.54) is 25.7 Å². The number of rotatable bonds is 4. The molecule has 0 unspecified atom stereocenters. The van der Waals surface area contributed by atoms with Gasteiger partial charge >= 0.3 is 0 Å². The molecular weight excluding hydrogens is 362 g/mol. The molecule has 1 aliphatic carbocycles. The molecule has 1 amide bonds. The largest absolute Gasteiger partial charge is 0.345 e. The number of carbonyl (C=O) groups excluding carboxylic acids is 1. The van der Waals surface area contributed by atoms with Crippen molar-refractivity contribution in [1.82, 2.24) is 19.9 Å². The zero-order valence-corrected chi connectivity index (χ0v) is 16.5. The minimum absolute atomic E-state index is 0.205. The molecule has 5 rings (SSSR count). The molecule has 3 heterocycles. The fourth-order valence-corrected chi connectivity index (χ4v) is 4.52. The minimum Gasteiger partial charge on any atom is -0.345 e. The van der Waals surface area contributed by atoms with Gasteiger partial charge in [-0.05, 0) is 43.0 Å². The van der Waals surface area contributed by atoms with Crippen LogP contribution in [-0.4, -0.2) is 51.9 Å². The van der Waals surface area contributed by atoms with Crippen molar-refractivity contribution < 1.29 is 4.79 Å². The standard InChI is InChI=1S/C23H25N5O/c29-21-16-28(14-13-27(21)15-17-5-1-2-6-17)23-19-7-3-4-8-20(19)25-22(26-23)18-9-11-24-12-10-18/h3-4,7-12,17H,1-2,5-6,13-16H2. The molecular formula is C23H25N5O. The van der Waals surface area contributed by atoms with E-state index in [9.17, 15) is 4.79 Å². The van der Waals surface area contributed by atoms with Crippen molar-refractivity contribution in [2.24, 2.45) is 5.92 Å². The maximum Gasteiger partial charge on any atom is 0.242 e. The molecule has 1 saturated carbocycles. The first-order valence-electron chi connectivity index (χ1n) is 10.5. The summed E-state index contributed by atoms with van der Waals surface area (Å²) in [7, 11) is 0. The molecule has 2 aromatic heterocycles. The zero-order chi connectivity index (χ0) is 19.6. The molecule has 3 aromatic rings. The number of fused-ring (bicyclic) bond motifs is 1. The molecule has 0 radical (unpaired) electrons. The predicted molar refractivity (Wildman–Crippen MR) is 114 cm³/mol. The molecule has 1 saturated heterocycles. The third kappa shape index (κ3) is 3.67. The average molecular weight is 387 g/mol. The quantitative estimate of drug-likeness (QED) is 0.685. The molecule has 2 fully saturated rings. The number of benzene rings is 1. The summed E-state index contributed by atoms with van der Waals surface area (Å²) in [6.45, 7) is 2.86. The van der Waals surface area contributed by atoms with Gasteiger partial charge in [-0.15, -0.1) is 0 Å². The lowest BCUT2D eigenvalue weighted by Crippen LogP contribution is -2.51. The van der Waals surface area contributed by atoms with E-state index in [1.54, 1.807) is 12.4 Å². The van der Waals surface area contributed by atoms with E-state index in [0.717, 1.165) is 41.9 Å². The Labute approximate surface area is 170 Å². The fraction of sp³-hybridized carbons (Fsp3) is 0.391. The van der Waals surface area contributed by atoms with Crippen LogP contribution in [0.25, 0.3) is 22.3 Å². The number of carbonyl (C=O) groups is 1. The summed E-state index contributed by atoms with van der Waals surface area (Å²) in [4.78, 5) is 30.8. The Kier molecular flexibility index (Phi) is 4.84. The number of pyridine rings is 1. The van der Waals surface area contributed by atoms with Gasteiger partial charge in [0.25, 0.3) is 0 Å². The Morgan fingerprint density at radius 1 is 0.966 bits per heavy atom. The van der Waals surface area contributed by atoms with Crippen LogP contribution < -0.4 is 4.90 Å². The number of nitrogens with zero attached hydrogens (tertiary/aromatic N) is 5. The highest BCUT2D eigenvalue weighted by Gasteiger charge is 2.29. The van der Waals surface area contributed by atoms with E-state index < -0.39 is 0 Å². The van der Waals surface area contributed by atoms with Crippen LogP contribution in [0.2, 0.25) is 0 Å². The van der Waals surface area contributed by atoms with Crippen LogP contribution in [0.1, 0.15) is 25.7 Å². The van der Waals surface area contributed by atoms with Gasteiger partial charge in [0, 0.05) is 43.0 Å². The second kappa shape index (κ2) is 7.78. The second-order valence-corrected chi connectivity index (χ2v) is 8.04. The van der Waals surface area contributed by atoms with E-state index in [2.05, 4.69) is 14.8 Å². The van der Waals surface area contributed by atoms with Crippen molar-refractivity contribution in [1.29, 1.82) is 0 Å². The number of anilines is 1. The Hall–Kier alpha value is -3.02. The van der Waals surface area contributed by atoms with Gasteiger partial charge in [-0.3, -0.25) is 9.78 Å². The molecule has 0 N–H and O–H groups in total. The number of amides is 1. The first-order valence-corrected chi connectivity index (χ1v) is 10.5. The van der Waals surface area contributed by atoms with E-state index in [0.29, 0.717) is 18.3 Å². The summed E-state index contributed by atoms with van der Waals surface area (Å²) < 4.78 is 0. The van der Waals surface area contributed by atoms with Gasteiger partial charge in [-0.2, -0.15) is 0 Å². The molecule has 0 bridgehead atoms. The molecule has 1 aromatic carbocycles. The van der Waals surface area contributed by atoms with Gasteiger partial charge in [0.05, 0.1) is 12.1 Å². The molecule has 6 nitrogen and oxygen atoms in total. The molecule has 0 atom stereocenters. The maximum absolute atomic E-state index is 12.9. The van der Waals surface area contributed by atoms with Crippen LogP contribution in [0.5, 0.6) is 0 Å². The van der Waals surface area contributed by atoms with Gasteiger partial charge < -0.3 is 9.80 Å². The van der Waals surface area contributed by atoms with Gasteiger partial charge in [-0.25, -0.2) is 9.97 Å². The van der Waals surface area contributed by atoms with Crippen LogP contribution in [-0.2, 0) is 4.79 Å². The summed E-state index contributed by atoms with van der Waals surface area (Å²) in [5.41, 5.74) is 1.82. The molecule has 29 heavy (non-hydrogen) atoms. The average Bonchev–Trinajstić information content (AvgIpc) is 3.28. The highest BCUT2D eigenvalue weighted by atomic mass is 16.2. The van der Waals surface area contributed by atoms with Crippen LogP contribution in [0.4, 0.5) is 5.82 Å². The first kappa shape index (κ1) is 18.0. The fourth-order valence-electron chi connectivity index (χ4n) is 4.52. The van der Waals surface area contributed by atoms with Crippen molar-refractivity contribution >= 4 is 22.6 Å². The van der Waals surface area contributed by atoms with Crippen molar-refractivity contribution in [2.45, 2.75) is 25.7 Å².